The largest absolute Gasteiger partial charge is 0.310 e. The normalized spacial score (nSPS) is 17.5. The van der Waals surface area contributed by atoms with E-state index in [1.165, 1.54) is 125 Å². The molecular formula is C64H59N. The maximum Gasteiger partial charge on any atom is 0.0714 e. The highest BCUT2D eigenvalue weighted by Gasteiger charge is 2.47. The van der Waals surface area contributed by atoms with E-state index in [9.17, 15) is 0 Å². The molecule has 4 aliphatic carbocycles. The molecule has 0 unspecified atom stereocenters. The van der Waals surface area contributed by atoms with Gasteiger partial charge >= 0.3 is 0 Å². The molecule has 0 aromatic heterocycles. The maximum absolute atomic E-state index is 2.65. The molecule has 0 saturated carbocycles. The minimum Gasteiger partial charge on any atom is -0.310 e. The second-order valence-corrected chi connectivity index (χ2v) is 21.4. The molecule has 0 aliphatic heterocycles. The van der Waals surface area contributed by atoms with Crippen LogP contribution in [0.15, 0.2) is 176 Å². The second-order valence-electron chi connectivity index (χ2n) is 21.4. The van der Waals surface area contributed by atoms with Gasteiger partial charge in [-0.25, -0.2) is 0 Å². The third kappa shape index (κ3) is 5.97. The molecule has 0 N–H and O–H groups in total. The van der Waals surface area contributed by atoms with Crippen LogP contribution in [-0.4, -0.2) is 0 Å². The van der Waals surface area contributed by atoms with Crippen molar-refractivity contribution >= 4 is 17.1 Å². The molecule has 65 heavy (non-hydrogen) atoms. The molecule has 0 heterocycles. The van der Waals surface area contributed by atoms with Gasteiger partial charge < -0.3 is 4.90 Å². The van der Waals surface area contributed by atoms with Crippen molar-refractivity contribution in [2.75, 3.05) is 4.90 Å². The van der Waals surface area contributed by atoms with Crippen LogP contribution in [0.1, 0.15) is 123 Å². The van der Waals surface area contributed by atoms with Gasteiger partial charge in [-0.05, 0) is 169 Å². The molecule has 8 aromatic rings. The SMILES string of the molecule is CC1(C)CCC(C)(C)c2cc(N(c3ccc4c(c3)C(C)(C)c3ccccc3-4)c3cc4c(cc3-c3ccc5c(c3)CCCC5)-c3ccccc3C4(c3ccccc3)c3ccccc3)ccc21. The highest BCUT2D eigenvalue weighted by atomic mass is 15.1. The van der Waals surface area contributed by atoms with E-state index in [0.29, 0.717) is 0 Å². The van der Waals surface area contributed by atoms with Crippen molar-refractivity contribution < 1.29 is 0 Å². The number of hydrogen-bond donors (Lipinski definition) is 0. The summed E-state index contributed by atoms with van der Waals surface area (Å²) >= 11 is 0. The maximum atomic E-state index is 2.65. The van der Waals surface area contributed by atoms with Gasteiger partial charge in [-0.15, -0.1) is 0 Å². The van der Waals surface area contributed by atoms with Crippen molar-refractivity contribution in [3.63, 3.8) is 0 Å². The van der Waals surface area contributed by atoms with Gasteiger partial charge in [0.2, 0.25) is 0 Å². The molecule has 0 bridgehead atoms. The van der Waals surface area contributed by atoms with Crippen LogP contribution in [0.25, 0.3) is 33.4 Å². The van der Waals surface area contributed by atoms with Crippen molar-refractivity contribution in [1.29, 1.82) is 0 Å². The van der Waals surface area contributed by atoms with Crippen molar-refractivity contribution in [2.24, 2.45) is 0 Å². The number of fused-ring (bicyclic) bond motifs is 8. The van der Waals surface area contributed by atoms with E-state index in [4.69, 9.17) is 0 Å². The molecule has 0 saturated heterocycles. The smallest absolute Gasteiger partial charge is 0.0714 e. The van der Waals surface area contributed by atoms with Crippen molar-refractivity contribution in [3.05, 3.63) is 232 Å². The lowest BCUT2D eigenvalue weighted by Gasteiger charge is -2.42. The predicted molar refractivity (Wildman–Crippen MR) is 273 cm³/mol. The van der Waals surface area contributed by atoms with Gasteiger partial charge in [0.05, 0.1) is 11.1 Å². The number of nitrogens with zero attached hydrogens (tertiary/aromatic N) is 1. The lowest BCUT2D eigenvalue weighted by molar-refractivity contribution is 0.332. The lowest BCUT2D eigenvalue weighted by atomic mass is 9.63. The molecule has 8 aromatic carbocycles. The van der Waals surface area contributed by atoms with Gasteiger partial charge in [0.1, 0.15) is 0 Å². The second kappa shape index (κ2) is 14.5. The molecule has 1 heteroatoms. The highest BCUT2D eigenvalue weighted by Crippen LogP contribution is 2.60. The molecule has 1 nitrogen and oxygen atoms in total. The first-order valence-corrected chi connectivity index (χ1v) is 24.2. The lowest BCUT2D eigenvalue weighted by Crippen LogP contribution is -2.34. The number of anilines is 3. The summed E-state index contributed by atoms with van der Waals surface area (Å²) in [6.07, 6.45) is 7.17. The Morgan fingerprint density at radius 1 is 0.369 bits per heavy atom. The average molecular weight is 842 g/mol. The molecule has 4 aliphatic rings. The Labute approximate surface area is 386 Å². The Balaban J connectivity index is 1.21. The van der Waals surface area contributed by atoms with Gasteiger partial charge in [0.25, 0.3) is 0 Å². The summed E-state index contributed by atoms with van der Waals surface area (Å²) in [4.78, 5) is 2.65. The molecule has 0 fully saturated rings. The fourth-order valence-corrected chi connectivity index (χ4v) is 12.8. The Morgan fingerprint density at radius 3 is 1.62 bits per heavy atom. The molecule has 0 radical (unpaired) electrons. The fraction of sp³-hybridized carbons (Fsp3) is 0.250. The summed E-state index contributed by atoms with van der Waals surface area (Å²) in [6.45, 7) is 14.6. The Morgan fingerprint density at radius 2 is 0.923 bits per heavy atom. The minimum absolute atomic E-state index is 0.0464. The van der Waals surface area contributed by atoms with Crippen LogP contribution in [0.3, 0.4) is 0 Å². The summed E-state index contributed by atoms with van der Waals surface area (Å²) in [5.41, 5.74) is 24.9. The van der Waals surface area contributed by atoms with E-state index in [0.717, 1.165) is 19.3 Å². The van der Waals surface area contributed by atoms with Crippen molar-refractivity contribution in [2.45, 2.75) is 102 Å². The summed E-state index contributed by atoms with van der Waals surface area (Å²) in [5.74, 6) is 0. The Kier molecular flexibility index (Phi) is 8.97. The molecule has 12 rings (SSSR count). The van der Waals surface area contributed by atoms with E-state index >= 15 is 0 Å². The summed E-state index contributed by atoms with van der Waals surface area (Å²) in [7, 11) is 0. The minimum atomic E-state index is -0.535. The van der Waals surface area contributed by atoms with Gasteiger partial charge in [-0.1, -0.05) is 181 Å². The van der Waals surface area contributed by atoms with Crippen LogP contribution in [0.5, 0.6) is 0 Å². The quantitative estimate of drug-likeness (QED) is 0.161. The third-order valence-corrected chi connectivity index (χ3v) is 16.4. The predicted octanol–water partition coefficient (Wildman–Crippen LogP) is 16.7. The van der Waals surface area contributed by atoms with E-state index in [2.05, 4.69) is 222 Å². The van der Waals surface area contributed by atoms with Crippen LogP contribution in [0.4, 0.5) is 17.1 Å². The zero-order valence-corrected chi connectivity index (χ0v) is 38.9. The molecule has 0 spiro atoms. The first-order chi connectivity index (χ1) is 31.5. The topological polar surface area (TPSA) is 3.24 Å². The van der Waals surface area contributed by atoms with Gasteiger partial charge in [-0.3, -0.25) is 0 Å². The first-order valence-electron chi connectivity index (χ1n) is 24.2. The van der Waals surface area contributed by atoms with Crippen LogP contribution < -0.4 is 4.90 Å². The summed E-state index contributed by atoms with van der Waals surface area (Å²) in [6, 6.07) is 68.3. The molecule has 320 valence electrons. The van der Waals surface area contributed by atoms with Crippen LogP contribution in [0, 0.1) is 0 Å². The van der Waals surface area contributed by atoms with E-state index < -0.39 is 5.41 Å². The Bertz CT molecular complexity index is 3140. The monoisotopic (exact) mass is 841 g/mol. The van der Waals surface area contributed by atoms with Gasteiger partial charge in [0, 0.05) is 22.4 Å². The van der Waals surface area contributed by atoms with E-state index in [1.807, 2.05) is 0 Å². The van der Waals surface area contributed by atoms with Crippen molar-refractivity contribution in [1.82, 2.24) is 0 Å². The number of hydrogen-bond acceptors (Lipinski definition) is 1. The summed E-state index contributed by atoms with van der Waals surface area (Å²) < 4.78 is 0. The van der Waals surface area contributed by atoms with Crippen LogP contribution in [-0.2, 0) is 34.5 Å². The Hall–Kier alpha value is -6.44. The highest BCUT2D eigenvalue weighted by molar-refractivity contribution is 5.97. The molecule has 0 atom stereocenters. The number of aryl methyl sites for hydroxylation is 2. The first kappa shape index (κ1) is 40.1. The zero-order valence-electron chi connectivity index (χ0n) is 38.9. The van der Waals surface area contributed by atoms with E-state index in [1.54, 1.807) is 0 Å². The molecular weight excluding hydrogens is 783 g/mol. The molecule has 0 amide bonds. The number of rotatable bonds is 6. The standard InChI is InChI=1S/C64H59N/c1-61(2)35-36-62(3,4)59-39-48(32-34-56(59)61)65(47-31-33-51-49-25-15-17-27-54(49)63(5,6)57(51)38-47)60-41-58-53(40-52(60)44-30-29-42-19-13-14-20-43(42)37-44)50-26-16-18-28-55(50)64(58,45-21-9-7-10-22-45)46-23-11-8-12-24-46/h7-12,15-18,21-34,37-41H,13-14,19-20,35-36H2,1-6H3. The van der Waals surface area contributed by atoms with Gasteiger partial charge in [-0.2, -0.15) is 0 Å². The number of benzene rings is 8. The van der Waals surface area contributed by atoms with Crippen LogP contribution >= 0.6 is 0 Å². The van der Waals surface area contributed by atoms with Crippen molar-refractivity contribution in [3.8, 4) is 33.4 Å². The third-order valence-electron chi connectivity index (χ3n) is 16.4. The zero-order chi connectivity index (χ0) is 44.3. The van der Waals surface area contributed by atoms with Gasteiger partial charge in [0.15, 0.2) is 0 Å². The van der Waals surface area contributed by atoms with Crippen LogP contribution in [0.2, 0.25) is 0 Å². The fourth-order valence-electron chi connectivity index (χ4n) is 12.8. The average Bonchev–Trinajstić information content (AvgIpc) is 3.75. The summed E-state index contributed by atoms with van der Waals surface area (Å²) in [5, 5.41) is 0. The van der Waals surface area contributed by atoms with E-state index in [-0.39, 0.29) is 16.2 Å².